The second-order valence-corrected chi connectivity index (χ2v) is 4.48. The SMILES string of the molecule is COc1ccc(-n2c(C)c(CO)c(CO)c2C)cc1. The molecule has 102 valence electrons. The molecule has 0 spiro atoms. The smallest absolute Gasteiger partial charge is 0.119 e. The zero-order valence-electron chi connectivity index (χ0n) is 11.5. The molecule has 0 aliphatic rings. The van der Waals surface area contributed by atoms with Crippen molar-refractivity contribution < 1.29 is 14.9 Å². The Labute approximate surface area is 112 Å². The fourth-order valence-electron chi connectivity index (χ4n) is 2.50. The van der Waals surface area contributed by atoms with Crippen LogP contribution in [-0.4, -0.2) is 21.9 Å². The van der Waals surface area contributed by atoms with E-state index in [1.165, 1.54) is 0 Å². The van der Waals surface area contributed by atoms with E-state index in [1.54, 1.807) is 7.11 Å². The van der Waals surface area contributed by atoms with Gasteiger partial charge >= 0.3 is 0 Å². The lowest BCUT2D eigenvalue weighted by Gasteiger charge is -2.10. The number of aliphatic hydroxyl groups is 2. The lowest BCUT2D eigenvalue weighted by Crippen LogP contribution is -2.00. The zero-order chi connectivity index (χ0) is 14.0. The molecule has 2 rings (SSSR count). The van der Waals surface area contributed by atoms with Crippen molar-refractivity contribution in [1.29, 1.82) is 0 Å². The van der Waals surface area contributed by atoms with Crippen LogP contribution in [0.4, 0.5) is 0 Å². The average molecular weight is 261 g/mol. The van der Waals surface area contributed by atoms with Crippen LogP contribution in [-0.2, 0) is 13.2 Å². The van der Waals surface area contributed by atoms with E-state index < -0.39 is 0 Å². The highest BCUT2D eigenvalue weighted by Gasteiger charge is 2.17. The lowest BCUT2D eigenvalue weighted by molar-refractivity contribution is 0.260. The molecule has 1 heterocycles. The fourth-order valence-corrected chi connectivity index (χ4v) is 2.50. The molecule has 0 amide bonds. The summed E-state index contributed by atoms with van der Waals surface area (Å²) in [6, 6.07) is 7.71. The van der Waals surface area contributed by atoms with Gasteiger partial charge in [-0.1, -0.05) is 0 Å². The monoisotopic (exact) mass is 261 g/mol. The molecule has 1 aromatic carbocycles. The first-order chi connectivity index (χ1) is 9.13. The molecule has 0 saturated heterocycles. The van der Waals surface area contributed by atoms with E-state index in [2.05, 4.69) is 0 Å². The first-order valence-electron chi connectivity index (χ1n) is 6.19. The van der Waals surface area contributed by atoms with E-state index in [1.807, 2.05) is 42.7 Å². The van der Waals surface area contributed by atoms with Gasteiger partial charge in [-0.2, -0.15) is 0 Å². The number of aliphatic hydroxyl groups excluding tert-OH is 2. The molecule has 0 radical (unpaired) electrons. The summed E-state index contributed by atoms with van der Waals surface area (Å²) in [6.45, 7) is 3.77. The molecule has 1 aromatic heterocycles. The minimum atomic E-state index is -0.0638. The summed E-state index contributed by atoms with van der Waals surface area (Å²) in [5.74, 6) is 0.802. The highest BCUT2D eigenvalue weighted by Crippen LogP contribution is 2.27. The molecule has 0 unspecified atom stereocenters. The summed E-state index contributed by atoms with van der Waals surface area (Å²) in [4.78, 5) is 0. The highest BCUT2D eigenvalue weighted by molar-refractivity contribution is 5.47. The Bertz CT molecular complexity index is 543. The Morgan fingerprint density at radius 2 is 1.42 bits per heavy atom. The van der Waals surface area contributed by atoms with E-state index in [-0.39, 0.29) is 13.2 Å². The second-order valence-electron chi connectivity index (χ2n) is 4.48. The van der Waals surface area contributed by atoms with Crippen molar-refractivity contribution in [3.05, 3.63) is 46.8 Å². The van der Waals surface area contributed by atoms with Crippen LogP contribution < -0.4 is 4.74 Å². The maximum absolute atomic E-state index is 9.45. The molecular formula is C15H19NO3. The Morgan fingerprint density at radius 3 is 1.79 bits per heavy atom. The third-order valence-corrected chi connectivity index (χ3v) is 3.56. The van der Waals surface area contributed by atoms with Gasteiger partial charge in [0, 0.05) is 28.2 Å². The van der Waals surface area contributed by atoms with Gasteiger partial charge in [0.1, 0.15) is 5.75 Å². The van der Waals surface area contributed by atoms with Gasteiger partial charge in [0.05, 0.1) is 20.3 Å². The Kier molecular flexibility index (Phi) is 3.93. The molecule has 4 heteroatoms. The predicted molar refractivity (Wildman–Crippen MR) is 73.6 cm³/mol. The summed E-state index contributed by atoms with van der Waals surface area (Å²) in [7, 11) is 1.63. The van der Waals surface area contributed by atoms with Crippen LogP contribution in [0.5, 0.6) is 5.75 Å². The van der Waals surface area contributed by atoms with Crippen molar-refractivity contribution in [1.82, 2.24) is 4.57 Å². The first kappa shape index (κ1) is 13.6. The molecule has 0 saturated carbocycles. The third-order valence-electron chi connectivity index (χ3n) is 3.56. The van der Waals surface area contributed by atoms with Gasteiger partial charge in [-0.25, -0.2) is 0 Å². The molecule has 0 bridgehead atoms. The van der Waals surface area contributed by atoms with Gasteiger partial charge < -0.3 is 19.5 Å². The van der Waals surface area contributed by atoms with Crippen LogP contribution >= 0.6 is 0 Å². The lowest BCUT2D eigenvalue weighted by atomic mass is 10.1. The number of nitrogens with zero attached hydrogens (tertiary/aromatic N) is 1. The van der Waals surface area contributed by atoms with Crippen molar-refractivity contribution in [3.8, 4) is 11.4 Å². The van der Waals surface area contributed by atoms with Gasteiger partial charge in [-0.3, -0.25) is 0 Å². The van der Waals surface area contributed by atoms with Gasteiger partial charge in [0.2, 0.25) is 0 Å². The van der Waals surface area contributed by atoms with E-state index >= 15 is 0 Å². The van der Waals surface area contributed by atoms with Crippen molar-refractivity contribution >= 4 is 0 Å². The summed E-state index contributed by atoms with van der Waals surface area (Å²) in [5, 5.41) is 18.9. The van der Waals surface area contributed by atoms with Crippen molar-refractivity contribution in [2.75, 3.05) is 7.11 Å². The molecule has 0 fully saturated rings. The van der Waals surface area contributed by atoms with Crippen LogP contribution in [0.25, 0.3) is 5.69 Å². The minimum Gasteiger partial charge on any atom is -0.497 e. The Hall–Kier alpha value is -1.78. The molecule has 0 aliphatic heterocycles. The number of benzene rings is 1. The van der Waals surface area contributed by atoms with Crippen LogP contribution in [0, 0.1) is 13.8 Å². The topological polar surface area (TPSA) is 54.6 Å². The van der Waals surface area contributed by atoms with Crippen LogP contribution in [0.3, 0.4) is 0 Å². The summed E-state index contributed by atoms with van der Waals surface area (Å²) >= 11 is 0. The number of rotatable bonds is 4. The molecule has 2 N–H and O–H groups in total. The zero-order valence-corrected chi connectivity index (χ0v) is 11.5. The highest BCUT2D eigenvalue weighted by atomic mass is 16.5. The second kappa shape index (κ2) is 5.47. The minimum absolute atomic E-state index is 0.0638. The van der Waals surface area contributed by atoms with Crippen molar-refractivity contribution in [2.24, 2.45) is 0 Å². The molecular weight excluding hydrogens is 242 g/mol. The summed E-state index contributed by atoms with van der Waals surface area (Å²) in [6.07, 6.45) is 0. The molecule has 2 aromatic rings. The number of methoxy groups -OCH3 is 1. The average Bonchev–Trinajstić information content (AvgIpc) is 2.69. The quantitative estimate of drug-likeness (QED) is 0.886. The number of hydrogen-bond donors (Lipinski definition) is 2. The number of ether oxygens (including phenoxy) is 1. The van der Waals surface area contributed by atoms with Gasteiger partial charge in [-0.15, -0.1) is 0 Å². The predicted octanol–water partition coefficient (Wildman–Crippen LogP) is 2.09. The van der Waals surface area contributed by atoms with E-state index in [0.29, 0.717) is 0 Å². The van der Waals surface area contributed by atoms with Gasteiger partial charge in [-0.05, 0) is 38.1 Å². The third kappa shape index (κ3) is 2.25. The van der Waals surface area contributed by atoms with Crippen LogP contribution in [0.1, 0.15) is 22.5 Å². The Morgan fingerprint density at radius 1 is 0.947 bits per heavy atom. The van der Waals surface area contributed by atoms with Gasteiger partial charge in [0.25, 0.3) is 0 Å². The maximum atomic E-state index is 9.45. The fraction of sp³-hybridized carbons (Fsp3) is 0.333. The maximum Gasteiger partial charge on any atom is 0.119 e. The van der Waals surface area contributed by atoms with Crippen molar-refractivity contribution in [2.45, 2.75) is 27.1 Å². The summed E-state index contributed by atoms with van der Waals surface area (Å²) in [5.41, 5.74) is 4.50. The normalized spacial score (nSPS) is 10.8. The molecule has 0 aliphatic carbocycles. The number of hydrogen-bond acceptors (Lipinski definition) is 3. The first-order valence-corrected chi connectivity index (χ1v) is 6.19. The van der Waals surface area contributed by atoms with E-state index in [9.17, 15) is 10.2 Å². The number of aromatic nitrogens is 1. The molecule has 0 atom stereocenters. The standard InChI is InChI=1S/C15H19NO3/c1-10-14(8-17)15(9-18)11(2)16(10)12-4-6-13(19-3)7-5-12/h4-7,17-18H,8-9H2,1-3H3. The van der Waals surface area contributed by atoms with Crippen LogP contribution in [0.15, 0.2) is 24.3 Å². The van der Waals surface area contributed by atoms with E-state index in [4.69, 9.17) is 4.74 Å². The van der Waals surface area contributed by atoms with Crippen LogP contribution in [0.2, 0.25) is 0 Å². The van der Waals surface area contributed by atoms with Crippen molar-refractivity contribution in [3.63, 3.8) is 0 Å². The Balaban J connectivity index is 2.58. The summed E-state index contributed by atoms with van der Waals surface area (Å²) < 4.78 is 7.19. The molecule has 4 nitrogen and oxygen atoms in total. The molecule has 19 heavy (non-hydrogen) atoms. The van der Waals surface area contributed by atoms with Gasteiger partial charge in [0.15, 0.2) is 0 Å². The largest absolute Gasteiger partial charge is 0.497 e. The van der Waals surface area contributed by atoms with E-state index in [0.717, 1.165) is 34.0 Å².